The van der Waals surface area contributed by atoms with E-state index in [1.54, 1.807) is 0 Å². The Hall–Kier alpha value is -1.46. The van der Waals surface area contributed by atoms with Gasteiger partial charge in [0.25, 0.3) is 0 Å². The highest BCUT2D eigenvalue weighted by Crippen LogP contribution is 2.13. The SMILES string of the molecule is CN=C(NCCc1nnc2ccccn12)NCC(CC(C)C)N1CCOCC1.I. The van der Waals surface area contributed by atoms with Gasteiger partial charge in [-0.3, -0.25) is 14.3 Å². The lowest BCUT2D eigenvalue weighted by atomic mass is 10.0. The molecule has 0 bridgehead atoms. The summed E-state index contributed by atoms with van der Waals surface area (Å²) in [4.78, 5) is 6.91. The number of nitrogens with zero attached hydrogens (tertiary/aromatic N) is 5. The van der Waals surface area contributed by atoms with Crippen molar-refractivity contribution < 1.29 is 4.74 Å². The van der Waals surface area contributed by atoms with Gasteiger partial charge in [-0.1, -0.05) is 19.9 Å². The zero-order valence-electron chi connectivity index (χ0n) is 17.7. The molecule has 3 heterocycles. The van der Waals surface area contributed by atoms with Crippen LogP contribution in [-0.2, 0) is 11.2 Å². The van der Waals surface area contributed by atoms with Crippen LogP contribution in [0, 0.1) is 5.92 Å². The summed E-state index contributed by atoms with van der Waals surface area (Å²) < 4.78 is 7.53. The number of fused-ring (bicyclic) bond motifs is 1. The second kappa shape index (κ2) is 12.3. The molecular formula is C20H34IN7O. The quantitative estimate of drug-likeness (QED) is 0.317. The number of hydrogen-bond acceptors (Lipinski definition) is 5. The summed E-state index contributed by atoms with van der Waals surface area (Å²) in [5.41, 5.74) is 0.877. The van der Waals surface area contributed by atoms with Crippen LogP contribution < -0.4 is 10.6 Å². The largest absolute Gasteiger partial charge is 0.379 e. The fourth-order valence-corrected chi connectivity index (χ4v) is 3.64. The van der Waals surface area contributed by atoms with Crippen LogP contribution in [-0.4, -0.2) is 77.9 Å². The van der Waals surface area contributed by atoms with E-state index in [4.69, 9.17) is 4.74 Å². The standard InChI is InChI=1S/C20H33N7O.HI/c1-16(2)14-17(26-10-12-28-13-11-26)15-23-20(21-3)22-8-7-19-25-24-18-6-4-5-9-27(18)19;/h4-6,9,16-17H,7-8,10-15H2,1-3H3,(H2,21,22,23);1H. The molecule has 0 radical (unpaired) electrons. The molecule has 2 aromatic heterocycles. The van der Waals surface area contributed by atoms with Gasteiger partial charge in [-0.05, 0) is 24.5 Å². The van der Waals surface area contributed by atoms with Crippen molar-refractivity contribution in [2.45, 2.75) is 32.7 Å². The van der Waals surface area contributed by atoms with Crippen molar-refractivity contribution in [3.63, 3.8) is 0 Å². The minimum Gasteiger partial charge on any atom is -0.379 e. The molecule has 1 fully saturated rings. The van der Waals surface area contributed by atoms with E-state index in [0.29, 0.717) is 12.0 Å². The van der Waals surface area contributed by atoms with Crippen LogP contribution in [0.5, 0.6) is 0 Å². The molecule has 29 heavy (non-hydrogen) atoms. The third-order valence-electron chi connectivity index (χ3n) is 5.06. The van der Waals surface area contributed by atoms with Gasteiger partial charge in [-0.15, -0.1) is 34.2 Å². The van der Waals surface area contributed by atoms with Crippen LogP contribution >= 0.6 is 24.0 Å². The summed E-state index contributed by atoms with van der Waals surface area (Å²) in [5.74, 6) is 2.44. The lowest BCUT2D eigenvalue weighted by Gasteiger charge is -2.35. The Morgan fingerprint density at radius 3 is 2.72 bits per heavy atom. The second-order valence-corrected chi connectivity index (χ2v) is 7.61. The number of aliphatic imine (C=N–C) groups is 1. The number of nitrogens with one attached hydrogen (secondary N) is 2. The molecule has 9 heteroatoms. The third kappa shape index (κ3) is 7.07. The Kier molecular flexibility index (Phi) is 10.1. The maximum Gasteiger partial charge on any atom is 0.191 e. The van der Waals surface area contributed by atoms with Gasteiger partial charge in [-0.2, -0.15) is 0 Å². The number of halogens is 1. The molecule has 0 aromatic carbocycles. The van der Waals surface area contributed by atoms with E-state index in [2.05, 4.69) is 44.6 Å². The van der Waals surface area contributed by atoms with Crippen LogP contribution in [0.2, 0.25) is 0 Å². The summed E-state index contributed by atoms with van der Waals surface area (Å²) in [5, 5.41) is 15.4. The lowest BCUT2D eigenvalue weighted by molar-refractivity contribution is 0.0132. The molecular weight excluding hydrogens is 481 g/mol. The first kappa shape index (κ1) is 23.8. The Labute approximate surface area is 190 Å². The van der Waals surface area contributed by atoms with Crippen molar-refractivity contribution >= 4 is 35.6 Å². The highest BCUT2D eigenvalue weighted by molar-refractivity contribution is 14.0. The molecule has 1 atom stereocenters. The summed E-state index contributed by atoms with van der Waals surface area (Å²) >= 11 is 0. The Morgan fingerprint density at radius 2 is 2.00 bits per heavy atom. The molecule has 0 amide bonds. The van der Waals surface area contributed by atoms with Crippen LogP contribution in [0.15, 0.2) is 29.4 Å². The van der Waals surface area contributed by atoms with Crippen LogP contribution in [0.3, 0.4) is 0 Å². The van der Waals surface area contributed by atoms with E-state index >= 15 is 0 Å². The van der Waals surface area contributed by atoms with Gasteiger partial charge in [0.15, 0.2) is 11.6 Å². The number of ether oxygens (including phenoxy) is 1. The van der Waals surface area contributed by atoms with Crippen molar-refractivity contribution in [2.75, 3.05) is 46.4 Å². The molecule has 0 spiro atoms. The molecule has 1 unspecified atom stereocenters. The van der Waals surface area contributed by atoms with Gasteiger partial charge in [0.1, 0.15) is 5.82 Å². The zero-order chi connectivity index (χ0) is 19.8. The molecule has 1 aliphatic heterocycles. The molecule has 162 valence electrons. The van der Waals surface area contributed by atoms with Crippen LogP contribution in [0.4, 0.5) is 0 Å². The lowest BCUT2D eigenvalue weighted by Crippen LogP contribution is -2.51. The summed E-state index contributed by atoms with van der Waals surface area (Å²) in [6.07, 6.45) is 3.94. The smallest absolute Gasteiger partial charge is 0.191 e. The predicted molar refractivity (Wildman–Crippen MR) is 127 cm³/mol. The van der Waals surface area contributed by atoms with E-state index in [1.165, 1.54) is 0 Å². The van der Waals surface area contributed by atoms with Crippen LogP contribution in [0.25, 0.3) is 5.65 Å². The van der Waals surface area contributed by atoms with Crippen molar-refractivity contribution in [1.29, 1.82) is 0 Å². The monoisotopic (exact) mass is 515 g/mol. The second-order valence-electron chi connectivity index (χ2n) is 7.61. The Balaban J connectivity index is 0.00000300. The van der Waals surface area contributed by atoms with Gasteiger partial charge in [0.2, 0.25) is 0 Å². The predicted octanol–water partition coefficient (Wildman–Crippen LogP) is 1.80. The number of morpholine rings is 1. The maximum absolute atomic E-state index is 5.51. The van der Waals surface area contributed by atoms with E-state index in [-0.39, 0.29) is 24.0 Å². The molecule has 1 saturated heterocycles. The average Bonchev–Trinajstić information content (AvgIpc) is 3.13. The van der Waals surface area contributed by atoms with Gasteiger partial charge in [0.05, 0.1) is 13.2 Å². The van der Waals surface area contributed by atoms with Crippen LogP contribution in [0.1, 0.15) is 26.1 Å². The molecule has 0 aliphatic carbocycles. The van der Waals surface area contributed by atoms with E-state index in [0.717, 1.165) is 69.7 Å². The first-order valence-electron chi connectivity index (χ1n) is 10.2. The summed E-state index contributed by atoms with van der Waals surface area (Å²) in [6.45, 7) is 9.86. The first-order valence-corrected chi connectivity index (χ1v) is 10.2. The van der Waals surface area contributed by atoms with Gasteiger partial charge in [0, 0.05) is 51.9 Å². The third-order valence-corrected chi connectivity index (χ3v) is 5.06. The number of guanidine groups is 1. The first-order chi connectivity index (χ1) is 13.7. The molecule has 2 aromatic rings. The average molecular weight is 515 g/mol. The van der Waals surface area contributed by atoms with E-state index in [9.17, 15) is 0 Å². The minimum atomic E-state index is 0. The number of rotatable bonds is 8. The number of hydrogen-bond donors (Lipinski definition) is 2. The molecule has 2 N–H and O–H groups in total. The highest BCUT2D eigenvalue weighted by Gasteiger charge is 2.22. The highest BCUT2D eigenvalue weighted by atomic mass is 127. The normalized spacial score (nSPS) is 16.6. The molecule has 3 rings (SSSR count). The summed E-state index contributed by atoms with van der Waals surface area (Å²) in [6, 6.07) is 6.42. The van der Waals surface area contributed by atoms with Crippen molar-refractivity contribution in [3.8, 4) is 0 Å². The minimum absolute atomic E-state index is 0. The molecule has 8 nitrogen and oxygen atoms in total. The van der Waals surface area contributed by atoms with E-state index in [1.807, 2.05) is 35.8 Å². The number of pyridine rings is 1. The van der Waals surface area contributed by atoms with E-state index < -0.39 is 0 Å². The topological polar surface area (TPSA) is 79.1 Å². The maximum atomic E-state index is 5.51. The fourth-order valence-electron chi connectivity index (χ4n) is 3.64. The van der Waals surface area contributed by atoms with Crippen molar-refractivity contribution in [1.82, 2.24) is 30.1 Å². The van der Waals surface area contributed by atoms with Gasteiger partial charge < -0.3 is 15.4 Å². The molecule has 0 saturated carbocycles. The van der Waals surface area contributed by atoms with Crippen molar-refractivity contribution in [3.05, 3.63) is 30.2 Å². The molecule has 1 aliphatic rings. The zero-order valence-corrected chi connectivity index (χ0v) is 20.0. The Bertz CT molecular complexity index is 758. The number of aromatic nitrogens is 3. The summed E-state index contributed by atoms with van der Waals surface area (Å²) in [7, 11) is 1.81. The van der Waals surface area contributed by atoms with Gasteiger partial charge >= 0.3 is 0 Å². The fraction of sp³-hybridized carbons (Fsp3) is 0.650. The van der Waals surface area contributed by atoms with Gasteiger partial charge in [-0.25, -0.2) is 0 Å². The Morgan fingerprint density at radius 1 is 1.21 bits per heavy atom. The van der Waals surface area contributed by atoms with Crippen molar-refractivity contribution in [2.24, 2.45) is 10.9 Å².